The molecule has 27 heavy (non-hydrogen) atoms. The number of hydrogen-bond donors (Lipinski definition) is 1. The smallest absolute Gasteiger partial charge is 0.254 e. The van der Waals surface area contributed by atoms with Crippen LogP contribution in [0.3, 0.4) is 0 Å². The van der Waals surface area contributed by atoms with Crippen LogP contribution < -0.4 is 5.32 Å². The molecule has 1 amide bonds. The van der Waals surface area contributed by atoms with E-state index in [4.69, 9.17) is 0 Å². The van der Waals surface area contributed by atoms with E-state index in [1.807, 2.05) is 36.0 Å². The molecule has 0 aromatic carbocycles. The molecule has 7 heteroatoms. The van der Waals surface area contributed by atoms with Crippen LogP contribution in [0.1, 0.15) is 51.7 Å². The molecule has 3 aromatic rings. The Labute approximate surface area is 163 Å². The number of rotatable bonds is 5. The van der Waals surface area contributed by atoms with E-state index < -0.39 is 0 Å². The van der Waals surface area contributed by atoms with Gasteiger partial charge in [-0.1, -0.05) is 6.42 Å². The van der Waals surface area contributed by atoms with Crippen LogP contribution >= 0.6 is 11.3 Å². The van der Waals surface area contributed by atoms with E-state index >= 15 is 0 Å². The number of thiophene rings is 1. The molecule has 4 rings (SSSR count). The largest absolute Gasteiger partial charge is 0.351 e. The average molecular weight is 384 g/mol. The van der Waals surface area contributed by atoms with E-state index in [9.17, 15) is 4.79 Å². The lowest BCUT2D eigenvalue weighted by molar-refractivity contribution is 0.0953. The second-order valence-electron chi connectivity index (χ2n) is 7.05. The van der Waals surface area contributed by atoms with Crippen molar-refractivity contribution in [1.29, 1.82) is 0 Å². The SMILES string of the molecule is Cc1sc(-n2cccc2)c(C(=O)NCCc2nnc3n2CCCCC3)c1C. The lowest BCUT2D eigenvalue weighted by atomic mass is 10.1. The number of carbonyl (C=O) groups is 1. The van der Waals surface area contributed by atoms with E-state index in [1.165, 1.54) is 24.1 Å². The molecule has 1 aliphatic heterocycles. The van der Waals surface area contributed by atoms with Gasteiger partial charge >= 0.3 is 0 Å². The van der Waals surface area contributed by atoms with Gasteiger partial charge in [0.05, 0.1) is 5.56 Å². The molecule has 142 valence electrons. The van der Waals surface area contributed by atoms with Crippen LogP contribution in [0, 0.1) is 13.8 Å². The molecule has 6 nitrogen and oxygen atoms in total. The standard InChI is InChI=1S/C20H25N5OS/c1-14-15(2)27-20(24-11-6-7-12-24)18(14)19(26)21-10-9-17-23-22-16-8-4-3-5-13-25(16)17/h6-7,11-12H,3-5,8-10,13H2,1-2H3,(H,21,26). The molecule has 0 fully saturated rings. The summed E-state index contributed by atoms with van der Waals surface area (Å²) >= 11 is 1.65. The summed E-state index contributed by atoms with van der Waals surface area (Å²) in [5, 5.41) is 12.8. The predicted molar refractivity (Wildman–Crippen MR) is 107 cm³/mol. The molecule has 0 aliphatic carbocycles. The van der Waals surface area contributed by atoms with Gasteiger partial charge in [-0.2, -0.15) is 0 Å². The second kappa shape index (κ2) is 7.68. The van der Waals surface area contributed by atoms with Gasteiger partial charge < -0.3 is 14.5 Å². The topological polar surface area (TPSA) is 64.7 Å². The Balaban J connectivity index is 1.46. The van der Waals surface area contributed by atoms with Crippen LogP contribution in [-0.2, 0) is 19.4 Å². The van der Waals surface area contributed by atoms with Crippen molar-refractivity contribution in [2.24, 2.45) is 0 Å². The summed E-state index contributed by atoms with van der Waals surface area (Å²) in [5.74, 6) is 2.06. The summed E-state index contributed by atoms with van der Waals surface area (Å²) < 4.78 is 4.25. The number of carbonyl (C=O) groups excluding carboxylic acids is 1. The lowest BCUT2D eigenvalue weighted by Gasteiger charge is -2.09. The van der Waals surface area contributed by atoms with Crippen molar-refractivity contribution in [3.8, 4) is 5.00 Å². The average Bonchev–Trinajstić information content (AvgIpc) is 3.33. The molecule has 0 radical (unpaired) electrons. The number of hydrogen-bond acceptors (Lipinski definition) is 4. The van der Waals surface area contributed by atoms with Crippen molar-refractivity contribution in [3.05, 3.63) is 52.2 Å². The molecule has 1 aliphatic rings. The molecular weight excluding hydrogens is 358 g/mol. The number of nitrogens with zero attached hydrogens (tertiary/aromatic N) is 4. The van der Waals surface area contributed by atoms with Gasteiger partial charge in [0, 0.05) is 43.2 Å². The van der Waals surface area contributed by atoms with E-state index in [2.05, 4.69) is 27.0 Å². The van der Waals surface area contributed by atoms with Gasteiger partial charge in [0.25, 0.3) is 5.91 Å². The third-order valence-corrected chi connectivity index (χ3v) is 6.47. The van der Waals surface area contributed by atoms with Gasteiger partial charge in [-0.15, -0.1) is 21.5 Å². The first-order chi connectivity index (χ1) is 13.1. The van der Waals surface area contributed by atoms with Gasteiger partial charge in [0.2, 0.25) is 0 Å². The minimum Gasteiger partial charge on any atom is -0.351 e. The highest BCUT2D eigenvalue weighted by atomic mass is 32.1. The maximum absolute atomic E-state index is 12.9. The number of fused-ring (bicyclic) bond motifs is 1. The number of amides is 1. The Bertz CT molecular complexity index is 938. The summed E-state index contributed by atoms with van der Waals surface area (Å²) in [7, 11) is 0. The zero-order valence-electron chi connectivity index (χ0n) is 15.9. The quantitative estimate of drug-likeness (QED) is 0.734. The molecule has 0 bridgehead atoms. The molecule has 0 spiro atoms. The van der Waals surface area contributed by atoms with Gasteiger partial charge in [-0.25, -0.2) is 0 Å². The van der Waals surface area contributed by atoms with Crippen molar-refractivity contribution in [3.63, 3.8) is 0 Å². The highest BCUT2D eigenvalue weighted by Crippen LogP contribution is 2.30. The third-order valence-electron chi connectivity index (χ3n) is 5.25. The van der Waals surface area contributed by atoms with Gasteiger partial charge in [0.1, 0.15) is 16.6 Å². The Morgan fingerprint density at radius 2 is 2.00 bits per heavy atom. The van der Waals surface area contributed by atoms with Crippen LogP contribution in [0.4, 0.5) is 0 Å². The minimum atomic E-state index is -0.0174. The number of aryl methyl sites for hydroxylation is 2. The fraction of sp³-hybridized carbons (Fsp3) is 0.450. The van der Waals surface area contributed by atoms with E-state index in [0.717, 1.165) is 40.7 Å². The Morgan fingerprint density at radius 1 is 1.19 bits per heavy atom. The molecule has 0 saturated carbocycles. The van der Waals surface area contributed by atoms with Crippen molar-refractivity contribution in [2.45, 2.75) is 52.5 Å². The zero-order valence-corrected chi connectivity index (χ0v) is 16.7. The number of nitrogens with one attached hydrogen (secondary N) is 1. The van der Waals surface area contributed by atoms with Gasteiger partial charge in [0.15, 0.2) is 0 Å². The predicted octanol–water partition coefficient (Wildman–Crippen LogP) is 3.45. The highest BCUT2D eigenvalue weighted by Gasteiger charge is 2.21. The summed E-state index contributed by atoms with van der Waals surface area (Å²) in [6, 6.07) is 3.95. The Morgan fingerprint density at radius 3 is 2.81 bits per heavy atom. The van der Waals surface area contributed by atoms with Crippen LogP contribution in [0.2, 0.25) is 0 Å². The first-order valence-corrected chi connectivity index (χ1v) is 10.4. The maximum atomic E-state index is 12.9. The maximum Gasteiger partial charge on any atom is 0.254 e. The fourth-order valence-electron chi connectivity index (χ4n) is 3.63. The Hall–Kier alpha value is -2.41. The van der Waals surface area contributed by atoms with E-state index in [1.54, 1.807) is 11.3 Å². The first-order valence-electron chi connectivity index (χ1n) is 9.57. The van der Waals surface area contributed by atoms with Crippen LogP contribution in [0.25, 0.3) is 5.00 Å². The summed E-state index contributed by atoms with van der Waals surface area (Å²) in [5.41, 5.74) is 1.83. The van der Waals surface area contributed by atoms with Crippen molar-refractivity contribution in [2.75, 3.05) is 6.54 Å². The van der Waals surface area contributed by atoms with Crippen LogP contribution in [0.15, 0.2) is 24.5 Å². The highest BCUT2D eigenvalue weighted by molar-refractivity contribution is 7.15. The van der Waals surface area contributed by atoms with Crippen LogP contribution in [-0.4, -0.2) is 31.8 Å². The summed E-state index contributed by atoms with van der Waals surface area (Å²) in [4.78, 5) is 14.1. The number of aromatic nitrogens is 4. The first kappa shape index (κ1) is 18.0. The molecule has 4 heterocycles. The van der Waals surface area contributed by atoms with Crippen molar-refractivity contribution < 1.29 is 4.79 Å². The van der Waals surface area contributed by atoms with Gasteiger partial charge in [-0.3, -0.25) is 4.79 Å². The monoisotopic (exact) mass is 383 g/mol. The molecule has 0 unspecified atom stereocenters. The summed E-state index contributed by atoms with van der Waals surface area (Å²) in [6.45, 7) is 5.64. The molecular formula is C20H25N5OS. The fourth-order valence-corrected chi connectivity index (χ4v) is 4.75. The zero-order chi connectivity index (χ0) is 18.8. The molecule has 0 saturated heterocycles. The lowest BCUT2D eigenvalue weighted by Crippen LogP contribution is -2.27. The second-order valence-corrected chi connectivity index (χ2v) is 8.26. The van der Waals surface area contributed by atoms with Crippen molar-refractivity contribution in [1.82, 2.24) is 24.6 Å². The minimum absolute atomic E-state index is 0.0174. The summed E-state index contributed by atoms with van der Waals surface area (Å²) in [6.07, 6.45) is 9.29. The van der Waals surface area contributed by atoms with E-state index in [-0.39, 0.29) is 5.91 Å². The molecule has 3 aromatic heterocycles. The van der Waals surface area contributed by atoms with Crippen molar-refractivity contribution >= 4 is 17.2 Å². The van der Waals surface area contributed by atoms with E-state index in [0.29, 0.717) is 13.0 Å². The van der Waals surface area contributed by atoms with Gasteiger partial charge in [-0.05, 0) is 44.4 Å². The van der Waals surface area contributed by atoms with Crippen LogP contribution in [0.5, 0.6) is 0 Å². The Kier molecular flexibility index (Phi) is 5.11. The molecule has 1 N–H and O–H groups in total. The molecule has 0 atom stereocenters. The third kappa shape index (κ3) is 3.56. The normalized spacial score (nSPS) is 14.0.